The van der Waals surface area contributed by atoms with Crippen LogP contribution in [0, 0.1) is 11.8 Å². The first-order valence-corrected chi connectivity index (χ1v) is 7.08. The molecule has 0 amide bonds. The topological polar surface area (TPSA) is 32.3 Å². The van der Waals surface area contributed by atoms with Crippen LogP contribution < -0.4 is 5.32 Å². The minimum atomic E-state index is 0.384. The smallest absolute Gasteiger partial charge is 0.0462 e. The maximum Gasteiger partial charge on any atom is 0.0462 e. The summed E-state index contributed by atoms with van der Waals surface area (Å²) in [6.07, 6.45) is 7.33. The van der Waals surface area contributed by atoms with E-state index in [1.165, 1.54) is 31.4 Å². The fourth-order valence-electron chi connectivity index (χ4n) is 2.26. The van der Waals surface area contributed by atoms with Gasteiger partial charge in [-0.3, -0.25) is 0 Å². The highest BCUT2D eigenvalue weighted by atomic mass is 32.2. The minimum absolute atomic E-state index is 0.384. The molecule has 14 heavy (non-hydrogen) atoms. The summed E-state index contributed by atoms with van der Waals surface area (Å²) in [6.45, 7) is 2.59. The first-order chi connectivity index (χ1) is 6.88. The van der Waals surface area contributed by atoms with Crippen molar-refractivity contribution in [2.45, 2.75) is 25.7 Å². The Kier molecular flexibility index (Phi) is 6.65. The van der Waals surface area contributed by atoms with E-state index in [2.05, 4.69) is 11.6 Å². The summed E-state index contributed by atoms with van der Waals surface area (Å²) in [5.74, 6) is 2.47. The van der Waals surface area contributed by atoms with Gasteiger partial charge in [0.1, 0.15) is 0 Å². The average Bonchev–Trinajstić information content (AvgIpc) is 2.25. The van der Waals surface area contributed by atoms with Crippen molar-refractivity contribution in [2.75, 3.05) is 31.7 Å². The number of thioether (sulfide) groups is 1. The summed E-state index contributed by atoms with van der Waals surface area (Å²) < 4.78 is 0. The number of aliphatic hydroxyl groups is 1. The zero-order valence-electron chi connectivity index (χ0n) is 9.17. The predicted octanol–water partition coefficient (Wildman–Crippen LogP) is 1.74. The molecule has 84 valence electrons. The van der Waals surface area contributed by atoms with Crippen molar-refractivity contribution in [2.24, 2.45) is 11.8 Å². The first-order valence-electron chi connectivity index (χ1n) is 5.69. The molecule has 3 heteroatoms. The van der Waals surface area contributed by atoms with E-state index < -0.39 is 0 Å². The van der Waals surface area contributed by atoms with Gasteiger partial charge in [0.05, 0.1) is 0 Å². The summed E-state index contributed by atoms with van der Waals surface area (Å²) in [4.78, 5) is 0. The van der Waals surface area contributed by atoms with Crippen molar-refractivity contribution in [1.82, 2.24) is 5.32 Å². The Morgan fingerprint density at radius 2 is 2.00 bits per heavy atom. The highest BCUT2D eigenvalue weighted by molar-refractivity contribution is 7.98. The summed E-state index contributed by atoms with van der Waals surface area (Å²) in [5, 5.41) is 12.7. The second-order valence-electron chi connectivity index (χ2n) is 4.18. The molecule has 1 aliphatic rings. The molecule has 0 aromatic carbocycles. The summed E-state index contributed by atoms with van der Waals surface area (Å²) in [6, 6.07) is 0. The molecule has 0 radical (unpaired) electrons. The van der Waals surface area contributed by atoms with Crippen LogP contribution in [0.25, 0.3) is 0 Å². The van der Waals surface area contributed by atoms with Crippen molar-refractivity contribution in [3.8, 4) is 0 Å². The Hall–Kier alpha value is 0.270. The van der Waals surface area contributed by atoms with E-state index in [-0.39, 0.29) is 0 Å². The first kappa shape index (κ1) is 12.3. The molecule has 1 fully saturated rings. The summed E-state index contributed by atoms with van der Waals surface area (Å²) >= 11 is 1.88. The van der Waals surface area contributed by atoms with Gasteiger partial charge in [-0.05, 0) is 37.5 Å². The van der Waals surface area contributed by atoms with Crippen LogP contribution in [-0.2, 0) is 0 Å². The molecule has 1 aliphatic carbocycles. The molecular weight excluding hydrogens is 194 g/mol. The van der Waals surface area contributed by atoms with Gasteiger partial charge in [0.25, 0.3) is 0 Å². The third-order valence-electron chi connectivity index (χ3n) is 3.19. The van der Waals surface area contributed by atoms with E-state index >= 15 is 0 Å². The molecule has 0 bridgehead atoms. The monoisotopic (exact) mass is 217 g/mol. The van der Waals surface area contributed by atoms with Crippen LogP contribution in [0.3, 0.4) is 0 Å². The normalized spacial score (nSPS) is 27.9. The van der Waals surface area contributed by atoms with Crippen LogP contribution >= 0.6 is 11.8 Å². The lowest BCUT2D eigenvalue weighted by atomic mass is 9.80. The lowest BCUT2D eigenvalue weighted by Crippen LogP contribution is -2.33. The van der Waals surface area contributed by atoms with Gasteiger partial charge in [-0.25, -0.2) is 0 Å². The van der Waals surface area contributed by atoms with Crippen LogP contribution in [0.1, 0.15) is 25.7 Å². The maximum atomic E-state index is 9.23. The van der Waals surface area contributed by atoms with Gasteiger partial charge >= 0.3 is 0 Å². The fraction of sp³-hybridized carbons (Fsp3) is 1.00. The van der Waals surface area contributed by atoms with Crippen molar-refractivity contribution in [3.05, 3.63) is 0 Å². The van der Waals surface area contributed by atoms with E-state index in [1.807, 2.05) is 11.8 Å². The predicted molar refractivity (Wildman–Crippen MR) is 63.8 cm³/mol. The number of rotatable bonds is 6. The van der Waals surface area contributed by atoms with Crippen molar-refractivity contribution < 1.29 is 5.11 Å². The van der Waals surface area contributed by atoms with E-state index in [4.69, 9.17) is 0 Å². The molecule has 2 nitrogen and oxygen atoms in total. The molecule has 0 saturated heterocycles. The molecular formula is C11H23NOS. The fourth-order valence-corrected chi connectivity index (χ4v) is 2.60. The van der Waals surface area contributed by atoms with Gasteiger partial charge < -0.3 is 10.4 Å². The van der Waals surface area contributed by atoms with E-state index in [0.29, 0.717) is 12.5 Å². The molecule has 2 N–H and O–H groups in total. The van der Waals surface area contributed by atoms with Crippen LogP contribution in [0.4, 0.5) is 0 Å². The van der Waals surface area contributed by atoms with Gasteiger partial charge in [-0.2, -0.15) is 11.8 Å². The van der Waals surface area contributed by atoms with Gasteiger partial charge in [-0.1, -0.05) is 12.8 Å². The Morgan fingerprint density at radius 1 is 1.29 bits per heavy atom. The van der Waals surface area contributed by atoms with Crippen molar-refractivity contribution >= 4 is 11.8 Å². The van der Waals surface area contributed by atoms with E-state index in [1.54, 1.807) is 0 Å². The molecule has 0 aromatic rings. The standard InChI is InChI=1S/C11H23NOS/c1-14-7-6-12-8-10-4-2-3-5-11(10)9-13/h10-13H,2-9H2,1H3. The van der Waals surface area contributed by atoms with Crippen LogP contribution in [0.15, 0.2) is 0 Å². The van der Waals surface area contributed by atoms with Gasteiger partial charge in [0, 0.05) is 18.9 Å². The Morgan fingerprint density at radius 3 is 2.64 bits per heavy atom. The Bertz CT molecular complexity index is 143. The lowest BCUT2D eigenvalue weighted by molar-refractivity contribution is 0.133. The minimum Gasteiger partial charge on any atom is -0.396 e. The molecule has 1 saturated carbocycles. The lowest BCUT2D eigenvalue weighted by Gasteiger charge is -2.30. The van der Waals surface area contributed by atoms with Crippen molar-refractivity contribution in [1.29, 1.82) is 0 Å². The molecule has 0 heterocycles. The zero-order chi connectivity index (χ0) is 10.2. The summed E-state index contributed by atoms with van der Waals surface area (Å²) in [5.41, 5.74) is 0. The Labute approximate surface area is 91.9 Å². The third kappa shape index (κ3) is 4.20. The van der Waals surface area contributed by atoms with E-state index in [9.17, 15) is 5.11 Å². The molecule has 2 unspecified atom stereocenters. The average molecular weight is 217 g/mol. The quantitative estimate of drug-likeness (QED) is 0.665. The number of aliphatic hydroxyl groups excluding tert-OH is 1. The number of nitrogens with one attached hydrogen (secondary N) is 1. The van der Waals surface area contributed by atoms with Crippen molar-refractivity contribution in [3.63, 3.8) is 0 Å². The molecule has 2 atom stereocenters. The van der Waals surface area contributed by atoms with Gasteiger partial charge in [0.2, 0.25) is 0 Å². The van der Waals surface area contributed by atoms with Gasteiger partial charge in [-0.15, -0.1) is 0 Å². The zero-order valence-corrected chi connectivity index (χ0v) is 9.98. The summed E-state index contributed by atoms with van der Waals surface area (Å²) in [7, 11) is 0. The van der Waals surface area contributed by atoms with Crippen LogP contribution in [-0.4, -0.2) is 36.8 Å². The second kappa shape index (κ2) is 7.55. The number of hydrogen-bond acceptors (Lipinski definition) is 3. The van der Waals surface area contributed by atoms with Crippen LogP contribution in [0.5, 0.6) is 0 Å². The van der Waals surface area contributed by atoms with Crippen LogP contribution in [0.2, 0.25) is 0 Å². The maximum absolute atomic E-state index is 9.23. The molecule has 0 aliphatic heterocycles. The Balaban J connectivity index is 2.13. The second-order valence-corrected chi connectivity index (χ2v) is 5.17. The number of hydrogen-bond donors (Lipinski definition) is 2. The largest absolute Gasteiger partial charge is 0.396 e. The van der Waals surface area contributed by atoms with Gasteiger partial charge in [0.15, 0.2) is 0 Å². The molecule has 0 spiro atoms. The molecule has 0 aromatic heterocycles. The highest BCUT2D eigenvalue weighted by Gasteiger charge is 2.23. The van der Waals surface area contributed by atoms with E-state index in [0.717, 1.165) is 19.0 Å². The highest BCUT2D eigenvalue weighted by Crippen LogP contribution is 2.28. The third-order valence-corrected chi connectivity index (χ3v) is 3.80. The molecule has 1 rings (SSSR count). The SMILES string of the molecule is CSCCNCC1CCCCC1CO.